The van der Waals surface area contributed by atoms with Gasteiger partial charge in [0.25, 0.3) is 0 Å². The van der Waals surface area contributed by atoms with Crippen LogP contribution in [0.2, 0.25) is 0 Å². The van der Waals surface area contributed by atoms with Crippen LogP contribution in [0, 0.1) is 17.2 Å². The largest absolute Gasteiger partial charge is 0.469 e. The van der Waals surface area contributed by atoms with E-state index in [1.807, 2.05) is 18.3 Å². The third-order valence-corrected chi connectivity index (χ3v) is 6.58. The van der Waals surface area contributed by atoms with Gasteiger partial charge in [0.15, 0.2) is 0 Å². The predicted octanol–water partition coefficient (Wildman–Crippen LogP) is 3.08. The molecule has 0 aromatic carbocycles. The van der Waals surface area contributed by atoms with Gasteiger partial charge in [-0.05, 0) is 44.1 Å². The second-order valence-corrected chi connectivity index (χ2v) is 7.94. The second kappa shape index (κ2) is 4.80. The number of fused-ring (bicyclic) bond motifs is 3. The Balaban J connectivity index is 1.48. The van der Waals surface area contributed by atoms with Crippen molar-refractivity contribution in [3.63, 3.8) is 0 Å². The molecule has 6 rings (SSSR count). The molecule has 2 bridgehead atoms. The van der Waals surface area contributed by atoms with Gasteiger partial charge in [-0.2, -0.15) is 5.26 Å². The quantitative estimate of drug-likeness (QED) is 0.809. The number of nitriles is 1. The molecule has 116 valence electrons. The first-order chi connectivity index (χ1) is 11.3. The van der Waals surface area contributed by atoms with E-state index in [2.05, 4.69) is 22.0 Å². The Kier molecular flexibility index (Phi) is 2.82. The molecule has 4 aliphatic heterocycles. The van der Waals surface area contributed by atoms with E-state index >= 15 is 0 Å². The van der Waals surface area contributed by atoms with Gasteiger partial charge in [-0.3, -0.25) is 4.90 Å². The average molecular weight is 323 g/mol. The molecule has 0 N–H and O–H groups in total. The second-order valence-electron chi connectivity index (χ2n) is 6.86. The Morgan fingerprint density at radius 2 is 2.22 bits per heavy atom. The summed E-state index contributed by atoms with van der Waals surface area (Å²) >= 11 is 1.52. The Labute approximate surface area is 139 Å². The van der Waals surface area contributed by atoms with Crippen molar-refractivity contribution in [1.82, 2.24) is 9.88 Å². The van der Waals surface area contributed by atoms with Crippen LogP contribution in [0.15, 0.2) is 24.4 Å². The third kappa shape index (κ3) is 2.02. The Morgan fingerprint density at radius 3 is 2.91 bits per heavy atom. The maximum absolute atomic E-state index is 9.00. The minimum absolute atomic E-state index is 0.0439. The topological polar surface area (TPSA) is 49.2 Å². The molecular weight excluding hydrogens is 306 g/mol. The summed E-state index contributed by atoms with van der Waals surface area (Å²) in [6.07, 6.45) is 5.35. The normalized spacial score (nSPS) is 30.9. The van der Waals surface area contributed by atoms with Crippen LogP contribution in [-0.4, -0.2) is 35.1 Å². The lowest BCUT2D eigenvalue weighted by molar-refractivity contribution is -0.0814. The molecule has 2 aromatic rings. The van der Waals surface area contributed by atoms with Crippen LogP contribution in [0.1, 0.15) is 23.3 Å². The highest BCUT2D eigenvalue weighted by Gasteiger charge is 2.52. The number of hydrogen-bond acceptors (Lipinski definition) is 5. The number of piperidine rings is 3. The van der Waals surface area contributed by atoms with Crippen molar-refractivity contribution in [3.8, 4) is 22.4 Å². The monoisotopic (exact) mass is 323 g/mol. The molecule has 4 nitrogen and oxygen atoms in total. The average Bonchev–Trinajstić information content (AvgIpc) is 3.19. The van der Waals surface area contributed by atoms with E-state index in [4.69, 9.17) is 10.00 Å². The highest BCUT2D eigenvalue weighted by Crippen LogP contribution is 2.46. The molecule has 5 heteroatoms. The van der Waals surface area contributed by atoms with Crippen LogP contribution < -0.4 is 4.74 Å². The number of nitrogens with zero attached hydrogens (tertiary/aromatic N) is 3. The van der Waals surface area contributed by atoms with Crippen molar-refractivity contribution in [1.29, 1.82) is 5.26 Å². The minimum atomic E-state index is -0.0439. The lowest BCUT2D eigenvalue weighted by Crippen LogP contribution is -2.61. The standard InChI is InChI=1S/C18H17N3OS/c19-9-15-1-2-16(23-15)13-7-12-8-18(22-17(12)20-10-13)11-21-5-3-14(18)4-6-21/h1-2,7,10,14H,3-6,8,11H2. The molecule has 2 aromatic heterocycles. The molecule has 23 heavy (non-hydrogen) atoms. The predicted molar refractivity (Wildman–Crippen MR) is 88.5 cm³/mol. The summed E-state index contributed by atoms with van der Waals surface area (Å²) in [5.41, 5.74) is 2.28. The van der Waals surface area contributed by atoms with Gasteiger partial charge in [-0.25, -0.2) is 4.98 Å². The van der Waals surface area contributed by atoms with Crippen molar-refractivity contribution in [2.45, 2.75) is 24.9 Å². The summed E-state index contributed by atoms with van der Waals surface area (Å²) < 4.78 is 6.38. The minimum Gasteiger partial charge on any atom is -0.469 e. The van der Waals surface area contributed by atoms with Crippen molar-refractivity contribution >= 4 is 11.3 Å². The molecule has 4 aliphatic rings. The van der Waals surface area contributed by atoms with Crippen LogP contribution >= 0.6 is 11.3 Å². The van der Waals surface area contributed by atoms with E-state index in [1.165, 1.54) is 42.8 Å². The van der Waals surface area contributed by atoms with Crippen molar-refractivity contribution in [3.05, 3.63) is 34.8 Å². The zero-order valence-corrected chi connectivity index (χ0v) is 13.6. The van der Waals surface area contributed by atoms with Gasteiger partial charge in [0.05, 0.1) is 0 Å². The van der Waals surface area contributed by atoms with E-state index in [9.17, 15) is 0 Å². The summed E-state index contributed by atoms with van der Waals surface area (Å²) in [6, 6.07) is 8.29. The Bertz CT molecular complexity index is 816. The fraction of sp³-hybridized carbons (Fsp3) is 0.444. The van der Waals surface area contributed by atoms with Crippen LogP contribution in [0.5, 0.6) is 5.88 Å². The zero-order chi connectivity index (χ0) is 15.4. The van der Waals surface area contributed by atoms with Gasteiger partial charge >= 0.3 is 0 Å². The lowest BCUT2D eigenvalue weighted by Gasteiger charge is -2.50. The molecule has 1 unspecified atom stereocenters. The first kappa shape index (κ1) is 13.5. The highest BCUT2D eigenvalue weighted by molar-refractivity contribution is 7.16. The van der Waals surface area contributed by atoms with Gasteiger partial charge in [-0.1, -0.05) is 0 Å². The molecule has 1 atom stereocenters. The van der Waals surface area contributed by atoms with Crippen molar-refractivity contribution in [2.24, 2.45) is 5.92 Å². The summed E-state index contributed by atoms with van der Waals surface area (Å²) in [5.74, 6) is 1.48. The van der Waals surface area contributed by atoms with E-state index in [0.717, 1.165) is 34.2 Å². The molecule has 0 radical (unpaired) electrons. The molecule has 3 fully saturated rings. The van der Waals surface area contributed by atoms with Gasteiger partial charge in [0, 0.05) is 41.1 Å². The maximum Gasteiger partial charge on any atom is 0.217 e. The summed E-state index contributed by atoms with van der Waals surface area (Å²) in [7, 11) is 0. The summed E-state index contributed by atoms with van der Waals surface area (Å²) in [6.45, 7) is 3.48. The molecule has 0 aliphatic carbocycles. The smallest absolute Gasteiger partial charge is 0.217 e. The van der Waals surface area contributed by atoms with Crippen LogP contribution in [0.25, 0.3) is 10.4 Å². The first-order valence-electron chi connectivity index (χ1n) is 8.16. The third-order valence-electron chi connectivity index (χ3n) is 5.54. The maximum atomic E-state index is 9.00. The van der Waals surface area contributed by atoms with Gasteiger partial charge < -0.3 is 4.74 Å². The fourth-order valence-corrected chi connectivity index (χ4v) is 5.18. The van der Waals surface area contributed by atoms with Crippen molar-refractivity contribution < 1.29 is 4.74 Å². The van der Waals surface area contributed by atoms with E-state index in [-0.39, 0.29) is 5.60 Å². The molecule has 0 saturated carbocycles. The lowest BCUT2D eigenvalue weighted by atomic mass is 9.73. The molecule has 1 spiro atoms. The number of thiophene rings is 1. The van der Waals surface area contributed by atoms with E-state index in [0.29, 0.717) is 5.92 Å². The number of aromatic nitrogens is 1. The van der Waals surface area contributed by atoms with Gasteiger partial charge in [0.2, 0.25) is 5.88 Å². The highest BCUT2D eigenvalue weighted by atomic mass is 32.1. The molecule has 3 saturated heterocycles. The van der Waals surface area contributed by atoms with Crippen LogP contribution in [-0.2, 0) is 6.42 Å². The number of rotatable bonds is 1. The van der Waals surface area contributed by atoms with Crippen LogP contribution in [0.3, 0.4) is 0 Å². The molecule has 0 amide bonds. The number of pyridine rings is 1. The number of hydrogen-bond donors (Lipinski definition) is 0. The zero-order valence-electron chi connectivity index (χ0n) is 12.8. The Hall–Kier alpha value is -1.90. The summed E-state index contributed by atoms with van der Waals surface area (Å²) in [5, 5.41) is 9.00. The van der Waals surface area contributed by atoms with E-state index in [1.54, 1.807) is 0 Å². The SMILES string of the molecule is N#Cc1ccc(-c2cnc3c(c2)CC2(CN4CCC2CC4)O3)s1. The first-order valence-corrected chi connectivity index (χ1v) is 8.98. The molecule has 6 heterocycles. The van der Waals surface area contributed by atoms with E-state index < -0.39 is 0 Å². The van der Waals surface area contributed by atoms with Crippen molar-refractivity contribution in [2.75, 3.05) is 19.6 Å². The summed E-state index contributed by atoms with van der Waals surface area (Å²) in [4.78, 5) is 8.96. The molecular formula is C18H17N3OS. The van der Waals surface area contributed by atoms with Gasteiger partial charge in [-0.15, -0.1) is 11.3 Å². The number of ether oxygens (including phenoxy) is 1. The van der Waals surface area contributed by atoms with Gasteiger partial charge in [0.1, 0.15) is 16.5 Å². The Morgan fingerprint density at radius 1 is 1.35 bits per heavy atom. The fourth-order valence-electron chi connectivity index (χ4n) is 4.40. The van der Waals surface area contributed by atoms with Crippen LogP contribution in [0.4, 0.5) is 0 Å².